The van der Waals surface area contributed by atoms with Crippen molar-refractivity contribution in [2.75, 3.05) is 32.7 Å². The second kappa shape index (κ2) is 7.20. The normalized spacial score (nSPS) is 21.8. The summed E-state index contributed by atoms with van der Waals surface area (Å²) in [7, 11) is 0. The van der Waals surface area contributed by atoms with Gasteiger partial charge < -0.3 is 14.3 Å². The van der Waals surface area contributed by atoms with E-state index >= 15 is 0 Å². The number of H-pyrrole nitrogens is 1. The molecule has 1 atom stereocenters. The molecule has 1 N–H and O–H groups in total. The first-order valence-electron chi connectivity index (χ1n) is 10.2. The number of fused-ring (bicyclic) bond motifs is 2. The Kier molecular flexibility index (Phi) is 4.93. The van der Waals surface area contributed by atoms with Gasteiger partial charge >= 0.3 is 0 Å². The minimum absolute atomic E-state index is 0.155. The van der Waals surface area contributed by atoms with Crippen LogP contribution in [0, 0.1) is 6.92 Å². The summed E-state index contributed by atoms with van der Waals surface area (Å²) in [4.78, 5) is 13.4. The van der Waals surface area contributed by atoms with Crippen molar-refractivity contribution < 1.29 is 4.42 Å². The number of rotatable bonds is 5. The van der Waals surface area contributed by atoms with Gasteiger partial charge in [-0.3, -0.25) is 4.90 Å². The molecule has 5 heteroatoms. The zero-order valence-electron chi connectivity index (χ0n) is 16.4. The third-order valence-corrected chi connectivity index (χ3v) is 6.59. The highest BCUT2D eigenvalue weighted by molar-refractivity contribution is 5.26. The van der Waals surface area contributed by atoms with Gasteiger partial charge in [-0.05, 0) is 51.4 Å². The number of nitrogens with zero attached hydrogens (tertiary/aromatic N) is 3. The molecule has 142 valence electrons. The number of imidazole rings is 1. The van der Waals surface area contributed by atoms with Crippen LogP contribution >= 0.6 is 0 Å². The molecular formula is C21H32N4O. The Balaban J connectivity index is 1.38. The molecule has 0 saturated carbocycles. The average molecular weight is 357 g/mol. The van der Waals surface area contributed by atoms with Gasteiger partial charge in [0.25, 0.3) is 0 Å². The van der Waals surface area contributed by atoms with Crippen LogP contribution in [0.2, 0.25) is 0 Å². The monoisotopic (exact) mass is 356 g/mol. The molecule has 1 spiro atoms. The molecule has 0 radical (unpaired) electrons. The maximum atomic E-state index is 5.80. The van der Waals surface area contributed by atoms with E-state index in [4.69, 9.17) is 9.40 Å². The first-order chi connectivity index (χ1) is 12.6. The van der Waals surface area contributed by atoms with E-state index in [0.717, 1.165) is 57.1 Å². The molecule has 0 aliphatic carbocycles. The Morgan fingerprint density at radius 3 is 2.77 bits per heavy atom. The number of furan rings is 1. The first kappa shape index (κ1) is 17.8. The molecule has 0 bridgehead atoms. The van der Waals surface area contributed by atoms with E-state index in [0.29, 0.717) is 5.92 Å². The van der Waals surface area contributed by atoms with Gasteiger partial charge in [0.2, 0.25) is 0 Å². The molecule has 2 aliphatic heterocycles. The van der Waals surface area contributed by atoms with Crippen molar-refractivity contribution in [3.8, 4) is 0 Å². The van der Waals surface area contributed by atoms with Crippen molar-refractivity contribution in [1.29, 1.82) is 0 Å². The summed E-state index contributed by atoms with van der Waals surface area (Å²) in [6.45, 7) is 12.3. The van der Waals surface area contributed by atoms with E-state index in [1.54, 1.807) is 0 Å². The number of likely N-dealkylation sites (tertiary alicyclic amines) is 1. The molecule has 26 heavy (non-hydrogen) atoms. The number of piperidine rings is 1. The van der Waals surface area contributed by atoms with Gasteiger partial charge in [0.15, 0.2) is 0 Å². The number of hydrogen-bond donors (Lipinski definition) is 1. The molecule has 2 aromatic rings. The molecule has 4 heterocycles. The van der Waals surface area contributed by atoms with Crippen molar-refractivity contribution in [2.45, 2.75) is 57.9 Å². The van der Waals surface area contributed by atoms with Crippen LogP contribution in [0.3, 0.4) is 0 Å². The number of aryl methyl sites for hydroxylation is 1. The summed E-state index contributed by atoms with van der Waals surface area (Å²) in [6, 6.07) is 4.20. The summed E-state index contributed by atoms with van der Waals surface area (Å²) >= 11 is 0. The predicted molar refractivity (Wildman–Crippen MR) is 103 cm³/mol. The third-order valence-electron chi connectivity index (χ3n) is 6.59. The van der Waals surface area contributed by atoms with Crippen LogP contribution in [0.5, 0.6) is 0 Å². The highest BCUT2D eigenvalue weighted by Crippen LogP contribution is 2.42. The lowest BCUT2D eigenvalue weighted by Crippen LogP contribution is -2.56. The maximum absolute atomic E-state index is 5.80. The molecule has 5 nitrogen and oxygen atoms in total. The van der Waals surface area contributed by atoms with Gasteiger partial charge in [-0.25, -0.2) is 4.98 Å². The van der Waals surface area contributed by atoms with Gasteiger partial charge in [-0.15, -0.1) is 0 Å². The van der Waals surface area contributed by atoms with E-state index < -0.39 is 0 Å². The van der Waals surface area contributed by atoms with Crippen LogP contribution in [-0.4, -0.2) is 52.5 Å². The van der Waals surface area contributed by atoms with Gasteiger partial charge in [0.1, 0.15) is 11.5 Å². The molecule has 0 unspecified atom stereocenters. The van der Waals surface area contributed by atoms with Crippen LogP contribution in [0.25, 0.3) is 0 Å². The zero-order valence-corrected chi connectivity index (χ0v) is 16.4. The Hall–Kier alpha value is -1.59. The summed E-state index contributed by atoms with van der Waals surface area (Å²) < 4.78 is 5.80. The number of aromatic nitrogens is 2. The predicted octanol–water partition coefficient (Wildman–Crippen LogP) is 3.67. The van der Waals surface area contributed by atoms with E-state index in [-0.39, 0.29) is 5.54 Å². The van der Waals surface area contributed by atoms with Crippen molar-refractivity contribution in [3.63, 3.8) is 0 Å². The lowest BCUT2D eigenvalue weighted by Gasteiger charge is -2.50. The van der Waals surface area contributed by atoms with Crippen LogP contribution < -0.4 is 0 Å². The van der Waals surface area contributed by atoms with Crippen molar-refractivity contribution >= 4 is 0 Å². The molecule has 0 amide bonds. The van der Waals surface area contributed by atoms with E-state index in [1.165, 1.54) is 24.2 Å². The van der Waals surface area contributed by atoms with Crippen LogP contribution in [0.1, 0.15) is 61.9 Å². The number of likely N-dealkylation sites (N-methyl/N-ethyl adjacent to an activating group) is 1. The fourth-order valence-electron chi connectivity index (χ4n) is 4.92. The zero-order chi connectivity index (χ0) is 18.1. The maximum Gasteiger partial charge on any atom is 0.107 e. The van der Waals surface area contributed by atoms with Gasteiger partial charge in [-0.2, -0.15) is 0 Å². The molecule has 1 saturated heterocycles. The second-order valence-electron chi connectivity index (χ2n) is 8.07. The number of hydrogen-bond acceptors (Lipinski definition) is 4. The SMILES string of the molecule is CCN1CCc2[nH]cnc2C12CCN(CC[C@@H](C)c1ccc(C)o1)CC2. The smallest absolute Gasteiger partial charge is 0.107 e. The summed E-state index contributed by atoms with van der Waals surface area (Å²) in [5, 5.41) is 0. The molecule has 2 aromatic heterocycles. The summed E-state index contributed by atoms with van der Waals surface area (Å²) in [6.07, 6.45) is 6.53. The Bertz CT molecular complexity index is 726. The van der Waals surface area contributed by atoms with Crippen molar-refractivity contribution in [2.24, 2.45) is 0 Å². The summed E-state index contributed by atoms with van der Waals surface area (Å²) in [5.41, 5.74) is 2.84. The highest BCUT2D eigenvalue weighted by Gasteiger charge is 2.45. The Morgan fingerprint density at radius 2 is 2.08 bits per heavy atom. The van der Waals surface area contributed by atoms with Gasteiger partial charge in [0.05, 0.1) is 17.6 Å². The summed E-state index contributed by atoms with van der Waals surface area (Å²) in [5.74, 6) is 2.62. The average Bonchev–Trinajstić information content (AvgIpc) is 3.31. The van der Waals surface area contributed by atoms with E-state index in [9.17, 15) is 0 Å². The second-order valence-corrected chi connectivity index (χ2v) is 8.07. The van der Waals surface area contributed by atoms with Crippen LogP contribution in [0.4, 0.5) is 0 Å². The fraction of sp³-hybridized carbons (Fsp3) is 0.667. The highest BCUT2D eigenvalue weighted by atomic mass is 16.3. The fourth-order valence-corrected chi connectivity index (χ4v) is 4.92. The molecule has 2 aliphatic rings. The Labute approximate surface area is 156 Å². The minimum Gasteiger partial charge on any atom is -0.466 e. The number of nitrogens with one attached hydrogen (secondary N) is 1. The van der Waals surface area contributed by atoms with Gasteiger partial charge in [0, 0.05) is 37.7 Å². The molecule has 1 fully saturated rings. The lowest BCUT2D eigenvalue weighted by atomic mass is 9.78. The van der Waals surface area contributed by atoms with Gasteiger partial charge in [-0.1, -0.05) is 13.8 Å². The first-order valence-corrected chi connectivity index (χ1v) is 10.2. The Morgan fingerprint density at radius 1 is 1.27 bits per heavy atom. The quantitative estimate of drug-likeness (QED) is 0.888. The van der Waals surface area contributed by atoms with E-state index in [1.807, 2.05) is 13.3 Å². The van der Waals surface area contributed by atoms with Crippen LogP contribution in [0.15, 0.2) is 22.9 Å². The number of aromatic amines is 1. The minimum atomic E-state index is 0.155. The van der Waals surface area contributed by atoms with Crippen molar-refractivity contribution in [1.82, 2.24) is 19.8 Å². The van der Waals surface area contributed by atoms with Crippen LogP contribution in [-0.2, 0) is 12.0 Å². The molecule has 0 aromatic carbocycles. The van der Waals surface area contributed by atoms with E-state index in [2.05, 4.69) is 40.8 Å². The largest absolute Gasteiger partial charge is 0.466 e. The molecular weight excluding hydrogens is 324 g/mol. The van der Waals surface area contributed by atoms with Crippen molar-refractivity contribution in [3.05, 3.63) is 41.4 Å². The standard InChI is InChI=1S/C21H32N4O/c1-4-25-12-8-18-20(23-15-22-18)21(25)9-13-24(14-10-21)11-7-16(2)19-6-5-17(3)26-19/h5-6,15-16H,4,7-14H2,1-3H3,(H,22,23)/t16-/m1/s1. The third kappa shape index (κ3) is 3.12. The lowest BCUT2D eigenvalue weighted by molar-refractivity contribution is 0.00857. The molecule has 4 rings (SSSR count). The topological polar surface area (TPSA) is 48.3 Å².